The van der Waals surface area contributed by atoms with Gasteiger partial charge in [0.25, 0.3) is 5.91 Å². The lowest BCUT2D eigenvalue weighted by molar-refractivity contribution is 0.0951. The number of benzene rings is 1. The standard InChI is InChI=1S/C19H21N3O3/c1-13-7-9-22-12-14(21-18(22)10-13)6-8-20-19(23)16-5-4-15(24-2)11-17(16)25-3/h4-5,7,9-12H,6,8H2,1-3H3,(H,20,23). The molecule has 2 aromatic heterocycles. The number of aromatic nitrogens is 2. The number of hydrogen-bond acceptors (Lipinski definition) is 4. The van der Waals surface area contributed by atoms with E-state index in [4.69, 9.17) is 9.47 Å². The molecular weight excluding hydrogens is 318 g/mol. The van der Waals surface area contributed by atoms with Crippen LogP contribution in [0.2, 0.25) is 0 Å². The highest BCUT2D eigenvalue weighted by molar-refractivity contribution is 5.97. The molecule has 3 aromatic rings. The van der Waals surface area contributed by atoms with Crippen LogP contribution in [0.1, 0.15) is 21.6 Å². The van der Waals surface area contributed by atoms with E-state index in [2.05, 4.69) is 10.3 Å². The maximum atomic E-state index is 12.4. The molecular formula is C19H21N3O3. The number of amides is 1. The maximum Gasteiger partial charge on any atom is 0.255 e. The molecule has 0 radical (unpaired) electrons. The number of nitrogens with one attached hydrogen (secondary N) is 1. The average molecular weight is 339 g/mol. The van der Waals surface area contributed by atoms with Crippen molar-refractivity contribution in [2.24, 2.45) is 0 Å². The molecule has 0 unspecified atom stereocenters. The Balaban J connectivity index is 1.64. The van der Waals surface area contributed by atoms with Crippen molar-refractivity contribution in [1.82, 2.24) is 14.7 Å². The zero-order valence-electron chi connectivity index (χ0n) is 14.6. The van der Waals surface area contributed by atoms with Crippen LogP contribution in [-0.2, 0) is 6.42 Å². The number of ether oxygens (including phenoxy) is 2. The van der Waals surface area contributed by atoms with Gasteiger partial charge in [-0.1, -0.05) is 0 Å². The van der Waals surface area contributed by atoms with Crippen LogP contribution in [0, 0.1) is 6.92 Å². The van der Waals surface area contributed by atoms with E-state index in [9.17, 15) is 4.79 Å². The van der Waals surface area contributed by atoms with Crippen LogP contribution in [0.3, 0.4) is 0 Å². The van der Waals surface area contributed by atoms with Crippen molar-refractivity contribution in [3.8, 4) is 11.5 Å². The number of imidazole rings is 1. The average Bonchev–Trinajstić information content (AvgIpc) is 3.02. The molecule has 0 aliphatic heterocycles. The number of fused-ring (bicyclic) bond motifs is 1. The monoisotopic (exact) mass is 339 g/mol. The molecule has 0 aliphatic carbocycles. The Morgan fingerprint density at radius 3 is 2.80 bits per heavy atom. The van der Waals surface area contributed by atoms with Gasteiger partial charge in [0.15, 0.2) is 0 Å². The van der Waals surface area contributed by atoms with Gasteiger partial charge in [-0.3, -0.25) is 4.79 Å². The van der Waals surface area contributed by atoms with Crippen LogP contribution >= 0.6 is 0 Å². The Morgan fingerprint density at radius 1 is 1.20 bits per heavy atom. The van der Waals surface area contributed by atoms with Gasteiger partial charge in [-0.2, -0.15) is 0 Å². The zero-order chi connectivity index (χ0) is 17.8. The Bertz CT molecular complexity index is 902. The number of rotatable bonds is 6. The van der Waals surface area contributed by atoms with E-state index >= 15 is 0 Å². The van der Waals surface area contributed by atoms with Gasteiger partial charge in [-0.05, 0) is 36.8 Å². The molecule has 6 heteroatoms. The first-order valence-electron chi connectivity index (χ1n) is 8.05. The number of aryl methyl sites for hydroxylation is 1. The summed E-state index contributed by atoms with van der Waals surface area (Å²) in [5.41, 5.74) is 3.50. The molecule has 0 spiro atoms. The number of nitrogens with zero attached hydrogens (tertiary/aromatic N) is 2. The minimum absolute atomic E-state index is 0.181. The van der Waals surface area contributed by atoms with Crippen LogP contribution in [0.15, 0.2) is 42.7 Å². The third kappa shape index (κ3) is 3.74. The van der Waals surface area contributed by atoms with Crippen molar-refractivity contribution in [2.45, 2.75) is 13.3 Å². The smallest absolute Gasteiger partial charge is 0.255 e. The Morgan fingerprint density at radius 2 is 2.04 bits per heavy atom. The lowest BCUT2D eigenvalue weighted by atomic mass is 10.1. The molecule has 6 nitrogen and oxygen atoms in total. The largest absolute Gasteiger partial charge is 0.497 e. The summed E-state index contributed by atoms with van der Waals surface area (Å²) in [4.78, 5) is 16.9. The third-order valence-corrected chi connectivity index (χ3v) is 3.99. The predicted octanol–water partition coefficient (Wildman–Crippen LogP) is 2.63. The van der Waals surface area contributed by atoms with E-state index in [1.165, 1.54) is 12.7 Å². The zero-order valence-corrected chi connectivity index (χ0v) is 14.6. The van der Waals surface area contributed by atoms with E-state index in [0.29, 0.717) is 30.0 Å². The lowest BCUT2D eigenvalue weighted by Gasteiger charge is -2.10. The van der Waals surface area contributed by atoms with E-state index in [-0.39, 0.29) is 5.91 Å². The minimum atomic E-state index is -0.181. The predicted molar refractivity (Wildman–Crippen MR) is 95.5 cm³/mol. The summed E-state index contributed by atoms with van der Waals surface area (Å²) in [6.45, 7) is 2.54. The van der Waals surface area contributed by atoms with E-state index < -0.39 is 0 Å². The van der Waals surface area contributed by atoms with Crippen molar-refractivity contribution >= 4 is 11.6 Å². The number of pyridine rings is 1. The van der Waals surface area contributed by atoms with Crippen LogP contribution in [0.5, 0.6) is 11.5 Å². The normalized spacial score (nSPS) is 10.7. The highest BCUT2D eigenvalue weighted by atomic mass is 16.5. The summed E-state index contributed by atoms with van der Waals surface area (Å²) in [5.74, 6) is 0.951. The van der Waals surface area contributed by atoms with Gasteiger partial charge >= 0.3 is 0 Å². The van der Waals surface area contributed by atoms with Crippen molar-refractivity contribution < 1.29 is 14.3 Å². The Hall–Kier alpha value is -3.02. The van der Waals surface area contributed by atoms with Crippen LogP contribution in [0.25, 0.3) is 5.65 Å². The highest BCUT2D eigenvalue weighted by Crippen LogP contribution is 2.24. The van der Waals surface area contributed by atoms with Crippen LogP contribution in [0.4, 0.5) is 0 Å². The first-order chi connectivity index (χ1) is 12.1. The fourth-order valence-corrected chi connectivity index (χ4v) is 2.64. The molecule has 3 rings (SSSR count). The molecule has 0 saturated carbocycles. The fourth-order valence-electron chi connectivity index (χ4n) is 2.64. The third-order valence-electron chi connectivity index (χ3n) is 3.99. The van der Waals surface area contributed by atoms with Crippen molar-refractivity contribution in [1.29, 1.82) is 0 Å². The van der Waals surface area contributed by atoms with Crippen molar-refractivity contribution in [3.05, 3.63) is 59.5 Å². The second-order valence-electron chi connectivity index (χ2n) is 5.77. The highest BCUT2D eigenvalue weighted by Gasteiger charge is 2.13. The first-order valence-corrected chi connectivity index (χ1v) is 8.05. The molecule has 1 aromatic carbocycles. The summed E-state index contributed by atoms with van der Waals surface area (Å²) in [7, 11) is 3.11. The van der Waals surface area contributed by atoms with Gasteiger partial charge in [0.05, 0.1) is 25.5 Å². The molecule has 0 atom stereocenters. The second kappa shape index (κ2) is 7.25. The van der Waals surface area contributed by atoms with Crippen molar-refractivity contribution in [2.75, 3.05) is 20.8 Å². The summed E-state index contributed by atoms with van der Waals surface area (Å²) < 4.78 is 12.4. The number of methoxy groups -OCH3 is 2. The number of carbonyl (C=O) groups excluding carboxylic acids is 1. The molecule has 0 bridgehead atoms. The van der Waals surface area contributed by atoms with Gasteiger partial charge in [0.2, 0.25) is 0 Å². The fraction of sp³-hybridized carbons (Fsp3) is 0.263. The maximum absolute atomic E-state index is 12.4. The van der Waals surface area contributed by atoms with E-state index in [0.717, 1.165) is 11.3 Å². The summed E-state index contributed by atoms with van der Waals surface area (Å²) in [6, 6.07) is 9.20. The molecule has 0 aliphatic rings. The molecule has 25 heavy (non-hydrogen) atoms. The van der Waals surface area contributed by atoms with Gasteiger partial charge < -0.3 is 19.2 Å². The number of hydrogen-bond donors (Lipinski definition) is 1. The topological polar surface area (TPSA) is 64.9 Å². The molecule has 2 heterocycles. The SMILES string of the molecule is COc1ccc(C(=O)NCCc2cn3ccc(C)cc3n2)c(OC)c1. The first kappa shape index (κ1) is 16.8. The van der Waals surface area contributed by atoms with Gasteiger partial charge in [0, 0.05) is 31.4 Å². The van der Waals surface area contributed by atoms with Gasteiger partial charge in [-0.15, -0.1) is 0 Å². The number of carbonyl (C=O) groups is 1. The molecule has 0 fully saturated rings. The molecule has 1 N–H and O–H groups in total. The van der Waals surface area contributed by atoms with Crippen molar-refractivity contribution in [3.63, 3.8) is 0 Å². The Labute approximate surface area is 146 Å². The summed E-state index contributed by atoms with van der Waals surface area (Å²) in [6.07, 6.45) is 4.63. The molecule has 130 valence electrons. The van der Waals surface area contributed by atoms with E-state index in [1.807, 2.05) is 35.9 Å². The minimum Gasteiger partial charge on any atom is -0.497 e. The van der Waals surface area contributed by atoms with Crippen LogP contribution in [-0.4, -0.2) is 36.1 Å². The van der Waals surface area contributed by atoms with E-state index in [1.54, 1.807) is 25.3 Å². The van der Waals surface area contributed by atoms with Crippen LogP contribution < -0.4 is 14.8 Å². The molecule has 0 saturated heterocycles. The van der Waals surface area contributed by atoms with Gasteiger partial charge in [0.1, 0.15) is 17.1 Å². The second-order valence-corrected chi connectivity index (χ2v) is 5.77. The quantitative estimate of drug-likeness (QED) is 0.750. The molecule has 1 amide bonds. The van der Waals surface area contributed by atoms with Gasteiger partial charge in [-0.25, -0.2) is 4.98 Å². The lowest BCUT2D eigenvalue weighted by Crippen LogP contribution is -2.26. The summed E-state index contributed by atoms with van der Waals surface area (Å²) >= 11 is 0. The Kier molecular flexibility index (Phi) is 4.88. The summed E-state index contributed by atoms with van der Waals surface area (Å²) in [5, 5.41) is 2.91.